The first kappa shape index (κ1) is 13.5. The van der Waals surface area contributed by atoms with Crippen molar-refractivity contribution in [3.05, 3.63) is 0 Å². The van der Waals surface area contributed by atoms with Crippen LogP contribution in [0.1, 0.15) is 0 Å². The summed E-state index contributed by atoms with van der Waals surface area (Å²) in [7, 11) is 7.30. The second kappa shape index (κ2) is 5.35. The largest absolute Gasteiger partial charge is 0.395 e. The van der Waals surface area contributed by atoms with Crippen LogP contribution in [0.2, 0.25) is 0 Å². The number of rotatable bonds is 3. The molecule has 19 heavy (non-hydrogen) atoms. The average Bonchev–Trinajstić information content (AvgIpc) is 2.45. The molecule has 2 rings (SSSR count). The van der Waals surface area contributed by atoms with Crippen molar-refractivity contribution in [3.63, 3.8) is 0 Å². The van der Waals surface area contributed by atoms with E-state index in [1.165, 1.54) is 11.9 Å². The van der Waals surface area contributed by atoms with Crippen molar-refractivity contribution in [2.45, 2.75) is 4.90 Å². The third-order valence-electron chi connectivity index (χ3n) is 2.96. The Kier molecular flexibility index (Phi) is 3.79. The molecule has 0 aromatic heterocycles. The van der Waals surface area contributed by atoms with Crippen molar-refractivity contribution in [2.75, 3.05) is 55.2 Å². The summed E-state index contributed by atoms with van der Waals surface area (Å²) in [6, 6.07) is 0. The third kappa shape index (κ3) is 2.07. The number of nitrogen functional groups attached to an aromatic ring is 1. The number of guanidine groups is 1. The highest BCUT2D eigenvalue weighted by Gasteiger charge is 2.25. The van der Waals surface area contributed by atoms with E-state index in [9.17, 15) is 0 Å². The Balaban J connectivity index is 2.70. The molecule has 0 radical (unpaired) electrons. The molecule has 1 aromatic carbocycles. The van der Waals surface area contributed by atoms with E-state index < -0.39 is 0 Å². The number of nitrogens with two attached hydrogens (primary N) is 1. The second-order valence-corrected chi connectivity index (χ2v) is 4.71. The number of fused-ring (bicyclic) bond motifs is 1. The summed E-state index contributed by atoms with van der Waals surface area (Å²) >= 11 is 1.50. The van der Waals surface area contributed by atoms with E-state index in [0.29, 0.717) is 11.6 Å². The maximum atomic E-state index is 6.22. The lowest BCUT2D eigenvalue weighted by Crippen LogP contribution is -2.30. The normalized spacial score (nSPS) is 15.3. The van der Waals surface area contributed by atoms with Gasteiger partial charge in [0.1, 0.15) is 0 Å². The lowest BCUT2D eigenvalue weighted by Gasteiger charge is -2.28. The Hall–Kier alpha value is -1.96. The van der Waals surface area contributed by atoms with Gasteiger partial charge in [-0.05, 0) is 11.9 Å². The molecule has 1 heterocycles. The van der Waals surface area contributed by atoms with E-state index >= 15 is 0 Å². The van der Waals surface area contributed by atoms with Crippen LogP contribution in [0, 0.1) is 0 Å². The van der Waals surface area contributed by atoms with Gasteiger partial charge < -0.3 is 27.0 Å². The molecule has 0 aliphatic carbocycles. The second-order valence-electron chi connectivity index (χ2n) is 3.89. The van der Waals surface area contributed by atoms with E-state index in [4.69, 9.17) is 5.73 Å². The van der Waals surface area contributed by atoms with E-state index in [1.54, 1.807) is 7.05 Å². The summed E-state index contributed by atoms with van der Waals surface area (Å²) in [6.45, 7) is 0. The van der Waals surface area contributed by atoms with Crippen molar-refractivity contribution < 1.29 is 0 Å². The van der Waals surface area contributed by atoms with Crippen molar-refractivity contribution in [1.82, 2.24) is 4.72 Å². The monoisotopic (exact) mass is 281 g/mol. The topological polar surface area (TPSA) is 98.5 Å². The van der Waals surface area contributed by atoms with Gasteiger partial charge in [0.05, 0.1) is 33.3 Å². The summed E-state index contributed by atoms with van der Waals surface area (Å²) < 4.78 is 3.14. The molecule has 1 aromatic rings. The van der Waals surface area contributed by atoms with Crippen molar-refractivity contribution in [2.24, 2.45) is 4.99 Å². The summed E-state index contributed by atoms with van der Waals surface area (Å²) in [5, 5.41) is 12.7. The molecule has 0 fully saturated rings. The average molecular weight is 281 g/mol. The van der Waals surface area contributed by atoms with Crippen LogP contribution in [0.15, 0.2) is 9.89 Å². The summed E-state index contributed by atoms with van der Waals surface area (Å²) in [6.07, 6.45) is 0. The van der Waals surface area contributed by atoms with Crippen LogP contribution in [-0.4, -0.2) is 34.2 Å². The molecule has 0 bridgehead atoms. The Morgan fingerprint density at radius 1 is 1.05 bits per heavy atom. The minimum Gasteiger partial charge on any atom is -0.395 e. The van der Waals surface area contributed by atoms with E-state index in [0.717, 1.165) is 27.6 Å². The van der Waals surface area contributed by atoms with Crippen LogP contribution < -0.4 is 31.7 Å². The van der Waals surface area contributed by atoms with Gasteiger partial charge in [0.15, 0.2) is 0 Å². The number of nitrogens with one attached hydrogen (secondary N) is 5. The lowest BCUT2D eigenvalue weighted by atomic mass is 10.1. The first-order chi connectivity index (χ1) is 9.17. The van der Waals surface area contributed by atoms with Gasteiger partial charge in [-0.2, -0.15) is 0 Å². The predicted octanol–water partition coefficient (Wildman–Crippen LogP) is 1.40. The maximum Gasteiger partial charge on any atom is 0.206 e. The predicted molar refractivity (Wildman–Crippen MR) is 85.5 cm³/mol. The molecule has 0 spiro atoms. The zero-order valence-electron chi connectivity index (χ0n) is 11.4. The molecule has 7 N–H and O–H groups in total. The summed E-state index contributed by atoms with van der Waals surface area (Å²) in [5.41, 5.74) is 10.5. The van der Waals surface area contributed by atoms with Gasteiger partial charge in [-0.1, -0.05) is 0 Å². The van der Waals surface area contributed by atoms with E-state index in [-0.39, 0.29) is 0 Å². The minimum atomic E-state index is 0.665. The maximum absolute atomic E-state index is 6.22. The third-order valence-corrected chi connectivity index (χ3v) is 3.87. The number of hydrogen-bond donors (Lipinski definition) is 6. The molecular formula is C11H19N7S. The van der Waals surface area contributed by atoms with Gasteiger partial charge in [0.2, 0.25) is 5.96 Å². The van der Waals surface area contributed by atoms with Crippen molar-refractivity contribution >= 4 is 46.3 Å². The number of aliphatic imine (C=N–C) groups is 1. The highest BCUT2D eigenvalue weighted by molar-refractivity contribution is 7.98. The van der Waals surface area contributed by atoms with Crippen LogP contribution >= 0.6 is 11.9 Å². The molecule has 0 saturated heterocycles. The Morgan fingerprint density at radius 2 is 1.68 bits per heavy atom. The summed E-state index contributed by atoms with van der Waals surface area (Å²) in [4.78, 5) is 5.16. The zero-order valence-corrected chi connectivity index (χ0v) is 12.2. The van der Waals surface area contributed by atoms with E-state index in [2.05, 4.69) is 31.0 Å². The molecule has 1 aliphatic rings. The fraction of sp³-hybridized carbons (Fsp3) is 0.364. The molecule has 1 aliphatic heterocycles. The quantitative estimate of drug-likeness (QED) is 0.368. The highest BCUT2D eigenvalue weighted by atomic mass is 32.2. The summed E-state index contributed by atoms with van der Waals surface area (Å²) in [5.74, 6) is 0.702. The zero-order chi connectivity index (χ0) is 14.0. The van der Waals surface area contributed by atoms with Crippen LogP contribution in [0.5, 0.6) is 0 Å². The van der Waals surface area contributed by atoms with Gasteiger partial charge in [0.25, 0.3) is 0 Å². The first-order valence-corrected chi connectivity index (χ1v) is 6.68. The molecule has 104 valence electrons. The van der Waals surface area contributed by atoms with Crippen molar-refractivity contribution in [3.8, 4) is 0 Å². The Morgan fingerprint density at radius 3 is 2.21 bits per heavy atom. The van der Waals surface area contributed by atoms with Crippen molar-refractivity contribution in [1.29, 1.82) is 0 Å². The number of anilines is 5. The highest BCUT2D eigenvalue weighted by Crippen LogP contribution is 2.49. The van der Waals surface area contributed by atoms with Crippen LogP contribution in [0.4, 0.5) is 28.4 Å². The molecule has 0 unspecified atom stereocenters. The van der Waals surface area contributed by atoms with Gasteiger partial charge in [-0.3, -0.25) is 9.71 Å². The molecular weight excluding hydrogens is 262 g/mol. The number of hydrogen-bond acceptors (Lipinski definition) is 6. The van der Waals surface area contributed by atoms with Gasteiger partial charge in [0, 0.05) is 28.2 Å². The molecule has 7 nitrogen and oxygen atoms in total. The minimum absolute atomic E-state index is 0.665. The van der Waals surface area contributed by atoms with Gasteiger partial charge in [-0.15, -0.1) is 0 Å². The van der Waals surface area contributed by atoms with Crippen LogP contribution in [0.25, 0.3) is 0 Å². The fourth-order valence-corrected chi connectivity index (χ4v) is 2.97. The molecule has 0 atom stereocenters. The fourth-order valence-electron chi connectivity index (χ4n) is 2.07. The Labute approximate surface area is 116 Å². The molecule has 0 amide bonds. The van der Waals surface area contributed by atoms with Crippen LogP contribution in [-0.2, 0) is 0 Å². The van der Waals surface area contributed by atoms with E-state index in [1.807, 2.05) is 21.1 Å². The van der Waals surface area contributed by atoms with Gasteiger partial charge >= 0.3 is 0 Å². The standard InChI is InChI=1S/C11H19N7S/c1-13-6-5(12)7(14-2)9-10(8(6)15-3)19-18-11(16-4)17-9/h13-15H,12H2,1-4H3,(H2,16,17,18). The first-order valence-electron chi connectivity index (χ1n) is 5.87. The van der Waals surface area contributed by atoms with Crippen LogP contribution in [0.3, 0.4) is 0 Å². The van der Waals surface area contributed by atoms with Gasteiger partial charge in [-0.25, -0.2) is 0 Å². The number of nitrogens with zero attached hydrogens (tertiary/aromatic N) is 1. The lowest BCUT2D eigenvalue weighted by molar-refractivity contribution is 1.26. The SMILES string of the molecule is CN=C1NSc2c(NC)c(NC)c(N)c(NC)c2N1. The Bertz CT molecular complexity index is 527. The molecule has 8 heteroatoms. The molecule has 0 saturated carbocycles. The number of benzene rings is 1. The smallest absolute Gasteiger partial charge is 0.206 e.